The number of benzene rings is 1. The Kier molecular flexibility index (Phi) is 4.26. The molecule has 26 heavy (non-hydrogen) atoms. The maximum Gasteiger partial charge on any atom is 0.169 e. The van der Waals surface area contributed by atoms with Crippen molar-refractivity contribution in [3.63, 3.8) is 0 Å². The maximum atomic E-state index is 14.0. The molecule has 4 rings (SSSR count). The third-order valence-electron chi connectivity index (χ3n) is 3.73. The lowest BCUT2D eigenvalue weighted by Crippen LogP contribution is -2.06. The molecule has 2 aromatic rings. The van der Waals surface area contributed by atoms with Gasteiger partial charge in [-0.2, -0.15) is 5.10 Å². The zero-order valence-electron chi connectivity index (χ0n) is 13.0. The molecule has 0 atom stereocenters. The lowest BCUT2D eigenvalue weighted by molar-refractivity contribution is 0.510. The minimum Gasteiger partial charge on any atom is -0.266 e. The van der Waals surface area contributed by atoms with Gasteiger partial charge >= 0.3 is 0 Å². The van der Waals surface area contributed by atoms with Crippen LogP contribution in [0.4, 0.5) is 8.78 Å². The summed E-state index contributed by atoms with van der Waals surface area (Å²) in [5, 5.41) is 4.82. The van der Waals surface area contributed by atoms with Gasteiger partial charge in [-0.1, -0.05) is 35.3 Å². The summed E-state index contributed by atoms with van der Waals surface area (Å²) in [4.78, 5) is 12.5. The molecule has 1 aromatic carbocycles. The highest BCUT2D eigenvalue weighted by atomic mass is 35.5. The quantitative estimate of drug-likeness (QED) is 0.483. The predicted molar refractivity (Wildman–Crippen MR) is 93.2 cm³/mol. The van der Waals surface area contributed by atoms with Gasteiger partial charge in [-0.25, -0.2) is 23.7 Å². The second-order valence-corrected chi connectivity index (χ2v) is 6.22. The largest absolute Gasteiger partial charge is 0.266 e. The lowest BCUT2D eigenvalue weighted by atomic mass is 10.2. The van der Waals surface area contributed by atoms with Crippen LogP contribution in [0.3, 0.4) is 0 Å². The summed E-state index contributed by atoms with van der Waals surface area (Å²) < 4.78 is 29.0. The Balaban J connectivity index is 1.70. The number of pyridine rings is 1. The van der Waals surface area contributed by atoms with E-state index in [1.807, 2.05) is 0 Å². The number of halogens is 4. The molecule has 5 nitrogen and oxygen atoms in total. The molecule has 1 aromatic heterocycles. The van der Waals surface area contributed by atoms with Gasteiger partial charge in [0.25, 0.3) is 0 Å². The van der Waals surface area contributed by atoms with E-state index in [2.05, 4.69) is 20.1 Å². The summed E-state index contributed by atoms with van der Waals surface area (Å²) in [6, 6.07) is 7.26. The van der Waals surface area contributed by atoms with Crippen molar-refractivity contribution in [2.75, 3.05) is 0 Å². The first kappa shape index (κ1) is 16.8. The smallest absolute Gasteiger partial charge is 0.169 e. The van der Waals surface area contributed by atoms with Gasteiger partial charge < -0.3 is 0 Å². The molecule has 0 N–H and O–H groups in total. The van der Waals surface area contributed by atoms with E-state index in [1.165, 1.54) is 18.3 Å². The van der Waals surface area contributed by atoms with E-state index in [-0.39, 0.29) is 16.5 Å². The molecule has 0 bridgehead atoms. The van der Waals surface area contributed by atoms with Crippen LogP contribution in [0.25, 0.3) is 22.8 Å². The van der Waals surface area contributed by atoms with Gasteiger partial charge in [-0.3, -0.25) is 4.68 Å². The number of aromatic nitrogens is 5. The standard InChI is InChI=1S/C17H9Cl2F2N5/c18-14-5-4-9(16(19)25-14)7-26-8-13-12(6-22-26)23-17(24-13)10-2-1-3-11(20)15(10)21/h1-6,8H,7H2. The van der Waals surface area contributed by atoms with Crippen LogP contribution in [0.5, 0.6) is 0 Å². The van der Waals surface area contributed by atoms with Gasteiger partial charge in [0.1, 0.15) is 21.7 Å². The maximum absolute atomic E-state index is 14.0. The van der Waals surface area contributed by atoms with E-state index in [0.717, 1.165) is 11.6 Å². The van der Waals surface area contributed by atoms with Crippen molar-refractivity contribution in [1.29, 1.82) is 0 Å². The fraction of sp³-hybridized carbons (Fsp3) is 0.0588. The van der Waals surface area contributed by atoms with Crippen LogP contribution in [-0.2, 0) is 6.54 Å². The Labute approximate surface area is 156 Å². The Morgan fingerprint density at radius 2 is 1.77 bits per heavy atom. The molecule has 2 aliphatic heterocycles. The summed E-state index contributed by atoms with van der Waals surface area (Å²) in [5.74, 6) is -1.83. The predicted octanol–water partition coefficient (Wildman–Crippen LogP) is 4.47. The minimum atomic E-state index is -0.984. The van der Waals surface area contributed by atoms with Gasteiger partial charge in [-0.05, 0) is 18.2 Å². The number of hydrogen-bond donors (Lipinski definition) is 0. The van der Waals surface area contributed by atoms with Gasteiger partial charge in [0.05, 0.1) is 24.5 Å². The van der Waals surface area contributed by atoms with Crippen LogP contribution in [0.1, 0.15) is 5.56 Å². The van der Waals surface area contributed by atoms with E-state index in [1.54, 1.807) is 23.0 Å². The molecule has 0 radical (unpaired) electrons. The van der Waals surface area contributed by atoms with Crippen LogP contribution in [0, 0.1) is 11.6 Å². The van der Waals surface area contributed by atoms with E-state index in [0.29, 0.717) is 23.1 Å². The molecule has 0 spiro atoms. The molecule has 0 aliphatic carbocycles. The molecular weight excluding hydrogens is 383 g/mol. The van der Waals surface area contributed by atoms with Crippen LogP contribution >= 0.6 is 23.2 Å². The molecule has 0 saturated carbocycles. The average molecular weight is 392 g/mol. The number of fused-ring (bicyclic) bond motifs is 1. The van der Waals surface area contributed by atoms with Gasteiger partial charge in [-0.15, -0.1) is 0 Å². The van der Waals surface area contributed by atoms with E-state index in [9.17, 15) is 8.78 Å². The number of imidazole rings is 1. The first-order valence-electron chi connectivity index (χ1n) is 7.47. The molecule has 0 unspecified atom stereocenters. The lowest BCUT2D eigenvalue weighted by Gasteiger charge is -2.07. The van der Waals surface area contributed by atoms with Crippen LogP contribution < -0.4 is 0 Å². The minimum absolute atomic E-state index is 0.00213. The average Bonchev–Trinajstić information content (AvgIpc) is 3.03. The fourth-order valence-electron chi connectivity index (χ4n) is 2.48. The van der Waals surface area contributed by atoms with E-state index in [4.69, 9.17) is 23.2 Å². The molecule has 2 aliphatic rings. The zero-order chi connectivity index (χ0) is 18.3. The Morgan fingerprint density at radius 3 is 2.58 bits per heavy atom. The van der Waals surface area contributed by atoms with Crippen LogP contribution in [0.2, 0.25) is 10.3 Å². The van der Waals surface area contributed by atoms with Crippen molar-refractivity contribution in [2.24, 2.45) is 0 Å². The highest BCUT2D eigenvalue weighted by Gasteiger charge is 2.18. The van der Waals surface area contributed by atoms with Crippen molar-refractivity contribution in [3.05, 3.63) is 70.2 Å². The zero-order valence-corrected chi connectivity index (χ0v) is 14.5. The highest BCUT2D eigenvalue weighted by Crippen LogP contribution is 2.27. The normalized spacial score (nSPS) is 11.2. The first-order chi connectivity index (χ1) is 12.5. The number of nitrogens with zero attached hydrogens (tertiary/aromatic N) is 5. The third-order valence-corrected chi connectivity index (χ3v) is 4.27. The van der Waals surface area contributed by atoms with Crippen molar-refractivity contribution in [2.45, 2.75) is 6.54 Å². The topological polar surface area (TPSA) is 56.5 Å². The molecule has 0 saturated heterocycles. The molecule has 0 amide bonds. The van der Waals surface area contributed by atoms with Gasteiger partial charge in [0.2, 0.25) is 0 Å². The first-order valence-corrected chi connectivity index (χ1v) is 8.22. The summed E-state index contributed by atoms with van der Waals surface area (Å²) in [7, 11) is 0. The van der Waals surface area contributed by atoms with Gasteiger partial charge in [0, 0.05) is 5.56 Å². The Hall–Kier alpha value is -2.64. The van der Waals surface area contributed by atoms with Crippen molar-refractivity contribution < 1.29 is 8.78 Å². The van der Waals surface area contributed by atoms with Crippen molar-refractivity contribution >= 4 is 23.2 Å². The molecule has 9 heteroatoms. The molecular formula is C17H9Cl2F2N5. The fourth-order valence-corrected chi connectivity index (χ4v) is 2.88. The van der Waals surface area contributed by atoms with E-state index < -0.39 is 11.6 Å². The number of hydrogen-bond acceptors (Lipinski definition) is 4. The van der Waals surface area contributed by atoms with Crippen LogP contribution in [0.15, 0.2) is 42.7 Å². The summed E-state index contributed by atoms with van der Waals surface area (Å²) in [6.45, 7) is 0.343. The Morgan fingerprint density at radius 1 is 0.962 bits per heavy atom. The van der Waals surface area contributed by atoms with Crippen molar-refractivity contribution in [1.82, 2.24) is 24.7 Å². The van der Waals surface area contributed by atoms with Crippen LogP contribution in [-0.4, -0.2) is 24.7 Å². The van der Waals surface area contributed by atoms with E-state index >= 15 is 0 Å². The molecule has 130 valence electrons. The highest BCUT2D eigenvalue weighted by molar-refractivity contribution is 6.32. The SMILES string of the molecule is Fc1cccc(-c2nc3cnn(Cc4ccc(Cl)nc4Cl)cc-3n2)c1F. The second kappa shape index (κ2) is 6.59. The number of rotatable bonds is 3. The Bertz CT molecular complexity index is 1080. The molecule has 0 fully saturated rings. The third kappa shape index (κ3) is 3.11. The monoisotopic (exact) mass is 391 g/mol. The summed E-state index contributed by atoms with van der Waals surface area (Å²) in [5.41, 5.74) is 1.69. The van der Waals surface area contributed by atoms with Gasteiger partial charge in [0.15, 0.2) is 17.5 Å². The van der Waals surface area contributed by atoms with Crippen molar-refractivity contribution in [3.8, 4) is 22.8 Å². The second-order valence-electron chi connectivity index (χ2n) is 5.47. The summed E-state index contributed by atoms with van der Waals surface area (Å²) >= 11 is 11.9. The molecule has 3 heterocycles. The summed E-state index contributed by atoms with van der Waals surface area (Å²) in [6.07, 6.45) is 3.15.